The van der Waals surface area contributed by atoms with Gasteiger partial charge in [-0.1, -0.05) is 0 Å². The van der Waals surface area contributed by atoms with Crippen molar-refractivity contribution in [2.45, 2.75) is 164 Å². The van der Waals surface area contributed by atoms with Crippen molar-refractivity contribution in [2.75, 3.05) is 7.11 Å². The van der Waals surface area contributed by atoms with Crippen molar-refractivity contribution in [1.29, 1.82) is 0 Å². The van der Waals surface area contributed by atoms with Crippen LogP contribution in [-0.2, 0) is 9.68 Å². The first-order valence-electron chi connectivity index (χ1n) is 16.4. The van der Waals surface area contributed by atoms with Gasteiger partial charge in [0.25, 0.3) is 0 Å². The molecule has 38 heavy (non-hydrogen) atoms. The first kappa shape index (κ1) is 37.0. The molecule has 2 nitrogen and oxygen atoms in total. The summed E-state index contributed by atoms with van der Waals surface area (Å²) in [4.78, 5) is 1.47. The van der Waals surface area contributed by atoms with Gasteiger partial charge in [-0.25, -0.2) is 0 Å². The molecular weight excluding hydrogens is 698 g/mol. The van der Waals surface area contributed by atoms with E-state index in [1.54, 1.807) is 0 Å². The van der Waals surface area contributed by atoms with E-state index in [0.29, 0.717) is 0 Å². The zero-order valence-electron chi connectivity index (χ0n) is 26.8. The predicted octanol–water partition coefficient (Wildman–Crippen LogP) is 12.3. The summed E-state index contributed by atoms with van der Waals surface area (Å²) < 4.78 is 22.2. The molecule has 0 unspecified atom stereocenters. The van der Waals surface area contributed by atoms with Gasteiger partial charge in [-0.2, -0.15) is 0 Å². The first-order chi connectivity index (χ1) is 18.4. The summed E-state index contributed by atoms with van der Waals surface area (Å²) in [7, 11) is 4.26. The molecule has 0 heterocycles. The third-order valence-electron chi connectivity index (χ3n) is 8.26. The predicted molar refractivity (Wildman–Crippen MR) is 178 cm³/mol. The molecule has 1 rings (SSSR count). The average Bonchev–Trinajstić information content (AvgIpc) is 2.93. The van der Waals surface area contributed by atoms with E-state index in [2.05, 4.69) is 69.5 Å². The molecule has 5 heteroatoms. The Labute approximate surface area is 250 Å². The van der Waals surface area contributed by atoms with Crippen LogP contribution in [0.2, 0.25) is 26.6 Å². The van der Waals surface area contributed by atoms with Crippen LogP contribution in [0.5, 0.6) is 5.75 Å². The fourth-order valence-corrected chi connectivity index (χ4v) is 42.1. The van der Waals surface area contributed by atoms with E-state index in [1.165, 1.54) is 120 Å². The molecule has 0 fully saturated rings. The van der Waals surface area contributed by atoms with Crippen molar-refractivity contribution >= 4 is 44.7 Å². The van der Waals surface area contributed by atoms with Gasteiger partial charge in [0.1, 0.15) is 0 Å². The SMILES string of the molecule is CCC[CH2][Sn]([CH2]CCC)([CH2]CCC)[O]Cc1cc(C)cc(OC)c1[S][Sn]([CH2]CCC)([CH2]CCC)[CH2]CCC. The van der Waals surface area contributed by atoms with E-state index in [9.17, 15) is 0 Å². The van der Waals surface area contributed by atoms with E-state index >= 15 is 0 Å². The van der Waals surface area contributed by atoms with Crippen LogP contribution in [0.4, 0.5) is 0 Å². The second-order valence-electron chi connectivity index (χ2n) is 11.8. The Morgan fingerprint density at radius 1 is 0.632 bits per heavy atom. The molecule has 222 valence electrons. The summed E-state index contributed by atoms with van der Waals surface area (Å²) >= 11 is -5.15. The molecule has 0 saturated heterocycles. The number of methoxy groups -OCH3 is 1. The summed E-state index contributed by atoms with van der Waals surface area (Å²) in [5.74, 6) is 1.12. The molecular formula is C33H64O2SSn2. The third-order valence-corrected chi connectivity index (χ3v) is 42.7. The number of unbranched alkanes of at least 4 members (excludes halogenated alkanes) is 6. The van der Waals surface area contributed by atoms with Crippen LogP contribution in [0.1, 0.15) is 130 Å². The van der Waals surface area contributed by atoms with Crippen LogP contribution in [0.3, 0.4) is 0 Å². The normalized spacial score (nSPS) is 12.3. The zero-order valence-corrected chi connectivity index (χ0v) is 33.3. The molecule has 1 aromatic carbocycles. The summed E-state index contributed by atoms with van der Waals surface area (Å²) in [6.45, 7) is 17.3. The van der Waals surface area contributed by atoms with Gasteiger partial charge < -0.3 is 0 Å². The minimum absolute atomic E-state index is 0.824. The maximum absolute atomic E-state index is 7.34. The summed E-state index contributed by atoms with van der Waals surface area (Å²) in [5, 5.41) is 0. The number of hydrogen-bond donors (Lipinski definition) is 0. The Balaban J connectivity index is 3.47. The van der Waals surface area contributed by atoms with Gasteiger partial charge in [0, 0.05) is 0 Å². The van der Waals surface area contributed by atoms with Gasteiger partial charge in [0.15, 0.2) is 0 Å². The van der Waals surface area contributed by atoms with Crippen LogP contribution in [0, 0.1) is 6.92 Å². The van der Waals surface area contributed by atoms with Gasteiger partial charge >= 0.3 is 252 Å². The second kappa shape index (κ2) is 21.6. The van der Waals surface area contributed by atoms with E-state index in [4.69, 9.17) is 7.81 Å². The standard InChI is InChI=1S/C9H11O2S.6C4H9.2Sn/c1-6-3-7(5-10)9(12)8(4-6)11-2;6*1-3-4-2;;/h3-4,12H,5H2,1-2H3;6*1,3-4H2,2H3;;/q-1;;;;;;;2*+1/p-1. The van der Waals surface area contributed by atoms with Crippen molar-refractivity contribution in [3.8, 4) is 5.75 Å². The van der Waals surface area contributed by atoms with Crippen molar-refractivity contribution in [1.82, 2.24) is 0 Å². The van der Waals surface area contributed by atoms with E-state index < -0.39 is 35.8 Å². The molecule has 0 aliphatic carbocycles. The topological polar surface area (TPSA) is 18.5 Å². The zero-order chi connectivity index (χ0) is 28.3. The Morgan fingerprint density at radius 2 is 1.05 bits per heavy atom. The molecule has 0 amide bonds. The van der Waals surface area contributed by atoms with Crippen molar-refractivity contribution in [3.05, 3.63) is 23.3 Å². The van der Waals surface area contributed by atoms with Crippen LogP contribution in [0.15, 0.2) is 17.0 Å². The minimum atomic E-state index is -2.68. The number of hydrogen-bond acceptors (Lipinski definition) is 3. The van der Waals surface area contributed by atoms with E-state index in [1.807, 2.05) is 7.11 Å². The number of benzene rings is 1. The quantitative estimate of drug-likeness (QED) is 0.0978. The maximum atomic E-state index is 7.34. The molecule has 0 spiro atoms. The van der Waals surface area contributed by atoms with Gasteiger partial charge in [-0.3, -0.25) is 0 Å². The molecule has 0 bridgehead atoms. The third kappa shape index (κ3) is 13.3. The summed E-state index contributed by atoms with van der Waals surface area (Å²) in [6.07, 6.45) is 16.1. The molecule has 0 N–H and O–H groups in total. The molecule has 0 saturated carbocycles. The summed E-state index contributed by atoms with van der Waals surface area (Å²) in [6, 6.07) is 4.75. The van der Waals surface area contributed by atoms with Crippen molar-refractivity contribution in [2.24, 2.45) is 0 Å². The summed E-state index contributed by atoms with van der Waals surface area (Å²) in [5.41, 5.74) is 2.76. The van der Waals surface area contributed by atoms with Gasteiger partial charge in [-0.15, -0.1) is 0 Å². The van der Waals surface area contributed by atoms with Crippen LogP contribution < -0.4 is 4.74 Å². The van der Waals surface area contributed by atoms with Crippen molar-refractivity contribution in [3.63, 3.8) is 0 Å². The monoisotopic (exact) mass is 764 g/mol. The molecule has 0 aromatic heterocycles. The van der Waals surface area contributed by atoms with Crippen LogP contribution in [0.25, 0.3) is 0 Å². The second-order valence-corrected chi connectivity index (χ2v) is 42.9. The van der Waals surface area contributed by atoms with Gasteiger partial charge in [0.2, 0.25) is 0 Å². The molecule has 0 aliphatic rings. The molecule has 1 aromatic rings. The van der Waals surface area contributed by atoms with Crippen LogP contribution >= 0.6 is 8.95 Å². The molecule has 0 atom stereocenters. The Bertz CT molecular complexity index is 696. The van der Waals surface area contributed by atoms with Gasteiger partial charge in [0.05, 0.1) is 0 Å². The Kier molecular flexibility index (Phi) is 21.0. The fraction of sp³-hybridized carbons (Fsp3) is 0.818. The fourth-order valence-electron chi connectivity index (χ4n) is 5.75. The Hall–Kier alpha value is 0.927. The van der Waals surface area contributed by atoms with Crippen molar-refractivity contribution < 1.29 is 7.81 Å². The Morgan fingerprint density at radius 3 is 1.45 bits per heavy atom. The number of aryl methyl sites for hydroxylation is 1. The number of ether oxygens (including phenoxy) is 1. The molecule has 0 radical (unpaired) electrons. The van der Waals surface area contributed by atoms with E-state index in [-0.39, 0.29) is 0 Å². The van der Waals surface area contributed by atoms with E-state index in [0.717, 1.165) is 12.4 Å². The number of rotatable bonds is 24. The first-order valence-corrected chi connectivity index (χ1v) is 34.0. The average molecular weight is 762 g/mol. The molecule has 0 aliphatic heterocycles. The van der Waals surface area contributed by atoms with Gasteiger partial charge in [-0.05, 0) is 0 Å². The van der Waals surface area contributed by atoms with Crippen LogP contribution in [-0.4, -0.2) is 42.9 Å².